The van der Waals surface area contributed by atoms with Crippen LogP contribution >= 0.6 is 0 Å². The Morgan fingerprint density at radius 2 is 1.11 bits per heavy atom. The molecule has 0 bridgehead atoms. The molecule has 0 aromatic carbocycles. The highest BCUT2D eigenvalue weighted by Crippen LogP contribution is 1.96. The predicted octanol–water partition coefficient (Wildman–Crippen LogP) is 6.84. The van der Waals surface area contributed by atoms with Gasteiger partial charge in [0.15, 0.2) is 0 Å². The Morgan fingerprint density at radius 1 is 0.556 bits per heavy atom. The van der Waals surface area contributed by atoms with E-state index in [1.165, 1.54) is 44.9 Å². The summed E-state index contributed by atoms with van der Waals surface area (Å²) >= 11 is 0. The Bertz CT molecular complexity index is 196. The maximum Gasteiger partial charge on any atom is -0.0350 e. The van der Waals surface area contributed by atoms with E-state index in [4.69, 9.17) is 0 Å². The molecule has 0 fully saturated rings. The van der Waals surface area contributed by atoms with E-state index in [2.05, 4.69) is 64.2 Å². The number of allylic oxidation sites excluding steroid dienone is 6. The summed E-state index contributed by atoms with van der Waals surface area (Å²) in [5.41, 5.74) is 0. The minimum absolute atomic E-state index is 1.14. The largest absolute Gasteiger partial charge is 0.0885 e. The Morgan fingerprint density at radius 3 is 1.67 bits per heavy atom. The van der Waals surface area contributed by atoms with Crippen LogP contribution in [-0.4, -0.2) is 0 Å². The first-order valence-electron chi connectivity index (χ1n) is 7.79. The standard InChI is InChI=1S/C9H18.C9H16/c2*1-3-5-7-9-8-6-4-2/h7,9H,3-6,8H2,1-2H3;5,7-9H,3-4,6H2,1-2H3. The molecule has 0 amide bonds. The third kappa shape index (κ3) is 24.4. The van der Waals surface area contributed by atoms with Crippen molar-refractivity contribution in [1.82, 2.24) is 0 Å². The summed E-state index contributed by atoms with van der Waals surface area (Å²) in [6.45, 7) is 8.77. The molecular weight excluding hydrogens is 216 g/mol. The number of hydrogen-bond acceptors (Lipinski definition) is 0. The first-order valence-corrected chi connectivity index (χ1v) is 7.79. The fourth-order valence-electron chi connectivity index (χ4n) is 1.28. The van der Waals surface area contributed by atoms with Gasteiger partial charge in [0.1, 0.15) is 0 Å². The maximum atomic E-state index is 2.30. The highest BCUT2D eigenvalue weighted by molar-refractivity contribution is 5.01. The second-order valence-corrected chi connectivity index (χ2v) is 4.46. The second-order valence-electron chi connectivity index (χ2n) is 4.46. The van der Waals surface area contributed by atoms with Crippen LogP contribution in [0.25, 0.3) is 0 Å². The van der Waals surface area contributed by atoms with Crippen molar-refractivity contribution in [3.63, 3.8) is 0 Å². The van der Waals surface area contributed by atoms with E-state index in [-0.39, 0.29) is 0 Å². The molecule has 0 aliphatic carbocycles. The minimum atomic E-state index is 1.14. The van der Waals surface area contributed by atoms with E-state index in [0.29, 0.717) is 0 Å². The lowest BCUT2D eigenvalue weighted by Gasteiger charge is -1.87. The van der Waals surface area contributed by atoms with Crippen molar-refractivity contribution in [1.29, 1.82) is 0 Å². The second kappa shape index (κ2) is 21.5. The lowest BCUT2D eigenvalue weighted by atomic mass is 10.2. The molecule has 0 N–H and O–H groups in total. The van der Waals surface area contributed by atoms with E-state index in [0.717, 1.165) is 6.42 Å². The molecule has 0 rings (SSSR count). The van der Waals surface area contributed by atoms with Gasteiger partial charge in [-0.05, 0) is 25.7 Å². The first-order chi connectivity index (χ1) is 8.83. The van der Waals surface area contributed by atoms with Crippen molar-refractivity contribution in [3.05, 3.63) is 36.5 Å². The van der Waals surface area contributed by atoms with E-state index < -0.39 is 0 Å². The lowest BCUT2D eigenvalue weighted by Crippen LogP contribution is -1.66. The molecule has 0 radical (unpaired) electrons. The molecule has 18 heavy (non-hydrogen) atoms. The van der Waals surface area contributed by atoms with Gasteiger partial charge >= 0.3 is 0 Å². The summed E-state index contributed by atoms with van der Waals surface area (Å²) in [5.74, 6) is 0. The van der Waals surface area contributed by atoms with Crippen LogP contribution in [0, 0.1) is 0 Å². The summed E-state index contributed by atoms with van der Waals surface area (Å²) in [6, 6.07) is 0. The first kappa shape index (κ1) is 19.6. The summed E-state index contributed by atoms with van der Waals surface area (Å²) < 4.78 is 0. The Hall–Kier alpha value is -0.780. The molecule has 0 unspecified atom stereocenters. The maximum absolute atomic E-state index is 2.30. The molecule has 0 heteroatoms. The predicted molar refractivity (Wildman–Crippen MR) is 87.1 cm³/mol. The van der Waals surface area contributed by atoms with Crippen LogP contribution in [0.3, 0.4) is 0 Å². The average molecular weight is 250 g/mol. The van der Waals surface area contributed by atoms with Crippen LogP contribution < -0.4 is 0 Å². The summed E-state index contributed by atoms with van der Waals surface area (Å²) in [6.07, 6.45) is 23.2. The van der Waals surface area contributed by atoms with Gasteiger partial charge in [0.05, 0.1) is 0 Å². The van der Waals surface area contributed by atoms with Gasteiger partial charge in [0.25, 0.3) is 0 Å². The quantitative estimate of drug-likeness (QED) is 0.239. The zero-order valence-corrected chi connectivity index (χ0v) is 13.1. The van der Waals surface area contributed by atoms with Crippen molar-refractivity contribution >= 4 is 0 Å². The Labute approximate surface area is 116 Å². The van der Waals surface area contributed by atoms with Crippen molar-refractivity contribution in [2.24, 2.45) is 0 Å². The molecule has 0 saturated carbocycles. The lowest BCUT2D eigenvalue weighted by molar-refractivity contribution is 0.810. The summed E-state index contributed by atoms with van der Waals surface area (Å²) in [5, 5.41) is 0. The van der Waals surface area contributed by atoms with Gasteiger partial charge in [-0.15, -0.1) is 0 Å². The normalized spacial score (nSPS) is 11.3. The molecular formula is C18H34. The van der Waals surface area contributed by atoms with E-state index in [9.17, 15) is 0 Å². The third-order valence-electron chi connectivity index (χ3n) is 2.42. The van der Waals surface area contributed by atoms with Crippen LogP contribution in [0.2, 0.25) is 0 Å². The molecule has 0 aromatic heterocycles. The van der Waals surface area contributed by atoms with Crippen molar-refractivity contribution in [2.45, 2.75) is 79.1 Å². The highest BCUT2D eigenvalue weighted by atomic mass is 13.8. The molecule has 0 heterocycles. The highest BCUT2D eigenvalue weighted by Gasteiger charge is 1.76. The number of hydrogen-bond donors (Lipinski definition) is 0. The van der Waals surface area contributed by atoms with E-state index >= 15 is 0 Å². The Balaban J connectivity index is 0. The van der Waals surface area contributed by atoms with Gasteiger partial charge in [0.2, 0.25) is 0 Å². The fourth-order valence-corrected chi connectivity index (χ4v) is 1.28. The summed E-state index contributed by atoms with van der Waals surface area (Å²) in [7, 11) is 0. The molecule has 0 spiro atoms. The van der Waals surface area contributed by atoms with Crippen molar-refractivity contribution < 1.29 is 0 Å². The average Bonchev–Trinajstić information content (AvgIpc) is 2.39. The van der Waals surface area contributed by atoms with E-state index in [1.807, 2.05) is 0 Å². The molecule has 0 saturated heterocycles. The monoisotopic (exact) mass is 250 g/mol. The third-order valence-corrected chi connectivity index (χ3v) is 2.42. The SMILES string of the molecule is CCC=CC=CCCC.CCCC=CCCCC. The molecule has 0 aromatic rings. The van der Waals surface area contributed by atoms with Gasteiger partial charge in [-0.3, -0.25) is 0 Å². The van der Waals surface area contributed by atoms with Gasteiger partial charge in [-0.2, -0.15) is 0 Å². The van der Waals surface area contributed by atoms with Gasteiger partial charge in [-0.1, -0.05) is 89.8 Å². The van der Waals surface area contributed by atoms with Gasteiger partial charge in [0, 0.05) is 0 Å². The summed E-state index contributed by atoms with van der Waals surface area (Å²) in [4.78, 5) is 0. The van der Waals surface area contributed by atoms with Crippen LogP contribution in [0.1, 0.15) is 79.1 Å². The minimum Gasteiger partial charge on any atom is -0.0885 e. The van der Waals surface area contributed by atoms with Gasteiger partial charge in [-0.25, -0.2) is 0 Å². The molecule has 0 atom stereocenters. The number of unbranched alkanes of at least 4 members (excludes halogenated alkanes) is 4. The van der Waals surface area contributed by atoms with Crippen LogP contribution in [0.5, 0.6) is 0 Å². The fraction of sp³-hybridized carbons (Fsp3) is 0.667. The van der Waals surface area contributed by atoms with Gasteiger partial charge < -0.3 is 0 Å². The number of rotatable bonds is 9. The topological polar surface area (TPSA) is 0 Å². The molecule has 0 aliphatic heterocycles. The zero-order valence-electron chi connectivity index (χ0n) is 13.1. The molecule has 106 valence electrons. The van der Waals surface area contributed by atoms with Crippen LogP contribution in [-0.2, 0) is 0 Å². The van der Waals surface area contributed by atoms with Crippen LogP contribution in [0.4, 0.5) is 0 Å². The Kier molecular flexibility index (Phi) is 23.4. The van der Waals surface area contributed by atoms with Crippen LogP contribution in [0.15, 0.2) is 36.5 Å². The van der Waals surface area contributed by atoms with Crippen molar-refractivity contribution in [2.75, 3.05) is 0 Å². The zero-order chi connectivity index (χ0) is 13.9. The smallest absolute Gasteiger partial charge is 0.0350 e. The van der Waals surface area contributed by atoms with E-state index in [1.54, 1.807) is 0 Å². The molecule has 0 nitrogen and oxygen atoms in total. The molecule has 0 aliphatic rings. The van der Waals surface area contributed by atoms with Crippen molar-refractivity contribution in [3.8, 4) is 0 Å².